The highest BCUT2D eigenvalue weighted by Crippen LogP contribution is 2.36. The number of aromatic nitrogens is 1. The molecular weight excluding hydrogens is 340 g/mol. The van der Waals surface area contributed by atoms with Crippen LogP contribution in [0.3, 0.4) is 0 Å². The highest BCUT2D eigenvalue weighted by molar-refractivity contribution is 6.32. The van der Waals surface area contributed by atoms with Gasteiger partial charge >= 0.3 is 0 Å². The maximum atomic E-state index is 6.38. The zero-order valence-electron chi connectivity index (χ0n) is 15.0. The topological polar surface area (TPSA) is 52.6 Å². The van der Waals surface area contributed by atoms with Crippen molar-refractivity contribution in [2.75, 3.05) is 20.3 Å². The highest BCUT2D eigenvalue weighted by atomic mass is 35.5. The fourth-order valence-corrected chi connectivity index (χ4v) is 2.61. The summed E-state index contributed by atoms with van der Waals surface area (Å²) in [4.78, 5) is 4.20. The minimum absolute atomic E-state index is 0.563. The lowest BCUT2D eigenvalue weighted by atomic mass is 10.2. The number of hydrogen-bond donors (Lipinski definition) is 1. The Morgan fingerprint density at radius 2 is 1.88 bits per heavy atom. The predicted molar refractivity (Wildman–Crippen MR) is 99.7 cm³/mol. The average molecular weight is 365 g/mol. The summed E-state index contributed by atoms with van der Waals surface area (Å²) < 4.78 is 16.5. The lowest BCUT2D eigenvalue weighted by Gasteiger charge is -2.15. The third kappa shape index (κ3) is 5.80. The number of methoxy groups -OCH3 is 1. The molecule has 1 aromatic heterocycles. The van der Waals surface area contributed by atoms with E-state index in [1.807, 2.05) is 31.2 Å². The van der Waals surface area contributed by atoms with Crippen LogP contribution in [0.25, 0.3) is 0 Å². The van der Waals surface area contributed by atoms with Gasteiger partial charge < -0.3 is 19.5 Å². The molecule has 1 N–H and O–H groups in total. The van der Waals surface area contributed by atoms with Crippen molar-refractivity contribution >= 4 is 11.6 Å². The normalized spacial score (nSPS) is 10.6. The van der Waals surface area contributed by atoms with Gasteiger partial charge in [0.05, 0.1) is 25.3 Å². The molecule has 2 aromatic rings. The van der Waals surface area contributed by atoms with Crippen molar-refractivity contribution < 1.29 is 14.2 Å². The molecule has 1 aromatic carbocycles. The number of benzene rings is 1. The van der Waals surface area contributed by atoms with Crippen LogP contribution in [-0.2, 0) is 13.1 Å². The number of ether oxygens (including phenoxy) is 3. The van der Waals surface area contributed by atoms with Gasteiger partial charge in [-0.15, -0.1) is 0 Å². The molecule has 0 unspecified atom stereocenters. The summed E-state index contributed by atoms with van der Waals surface area (Å²) in [5.74, 6) is 1.92. The zero-order valence-corrected chi connectivity index (χ0v) is 15.7. The molecule has 6 heteroatoms. The van der Waals surface area contributed by atoms with Crippen molar-refractivity contribution in [3.05, 3.63) is 46.6 Å². The summed E-state index contributed by atoms with van der Waals surface area (Å²) in [5, 5.41) is 3.95. The Kier molecular flexibility index (Phi) is 7.82. The van der Waals surface area contributed by atoms with E-state index in [-0.39, 0.29) is 0 Å². The van der Waals surface area contributed by atoms with Gasteiger partial charge in [-0.25, -0.2) is 4.98 Å². The molecule has 0 bridgehead atoms. The SMILES string of the molecule is CCCOc1c(Cl)cc(CNCc2ccc(OC)nc2)cc1OCC. The Labute approximate surface area is 154 Å². The van der Waals surface area contributed by atoms with E-state index >= 15 is 0 Å². The second kappa shape index (κ2) is 10.1. The summed E-state index contributed by atoms with van der Waals surface area (Å²) in [5.41, 5.74) is 2.12. The number of nitrogens with one attached hydrogen (secondary N) is 1. The molecule has 0 aliphatic rings. The van der Waals surface area contributed by atoms with Gasteiger partial charge in [-0.3, -0.25) is 0 Å². The molecular formula is C19H25ClN2O3. The summed E-state index contributed by atoms with van der Waals surface area (Å²) in [6.07, 6.45) is 2.72. The fraction of sp³-hybridized carbons (Fsp3) is 0.421. The van der Waals surface area contributed by atoms with E-state index in [9.17, 15) is 0 Å². The van der Waals surface area contributed by atoms with Gasteiger partial charge in [-0.05, 0) is 36.6 Å². The molecule has 0 spiro atoms. The van der Waals surface area contributed by atoms with Crippen LogP contribution in [0.2, 0.25) is 5.02 Å². The Morgan fingerprint density at radius 3 is 2.52 bits per heavy atom. The van der Waals surface area contributed by atoms with Gasteiger partial charge in [0.1, 0.15) is 0 Å². The van der Waals surface area contributed by atoms with Crippen LogP contribution in [0.15, 0.2) is 30.5 Å². The fourth-order valence-electron chi connectivity index (χ4n) is 2.32. The minimum atomic E-state index is 0.563. The monoisotopic (exact) mass is 364 g/mol. The van der Waals surface area contributed by atoms with Crippen LogP contribution in [0.1, 0.15) is 31.4 Å². The van der Waals surface area contributed by atoms with Crippen LogP contribution in [-0.4, -0.2) is 25.3 Å². The van der Waals surface area contributed by atoms with Crippen LogP contribution >= 0.6 is 11.6 Å². The van der Waals surface area contributed by atoms with Crippen molar-refractivity contribution in [2.45, 2.75) is 33.4 Å². The number of pyridine rings is 1. The van der Waals surface area contributed by atoms with Crippen molar-refractivity contribution in [2.24, 2.45) is 0 Å². The molecule has 0 fully saturated rings. The molecule has 1 heterocycles. The molecule has 0 saturated carbocycles. The van der Waals surface area contributed by atoms with Gasteiger partial charge in [0.25, 0.3) is 0 Å². The Morgan fingerprint density at radius 1 is 1.08 bits per heavy atom. The average Bonchev–Trinajstić information content (AvgIpc) is 2.62. The summed E-state index contributed by atoms with van der Waals surface area (Å²) in [7, 11) is 1.61. The first-order valence-electron chi connectivity index (χ1n) is 8.45. The molecule has 2 rings (SSSR count). The third-order valence-corrected chi connectivity index (χ3v) is 3.77. The van der Waals surface area contributed by atoms with E-state index in [4.69, 9.17) is 25.8 Å². The smallest absolute Gasteiger partial charge is 0.212 e. The molecule has 0 radical (unpaired) electrons. The lowest BCUT2D eigenvalue weighted by Crippen LogP contribution is -2.13. The first-order valence-corrected chi connectivity index (χ1v) is 8.83. The van der Waals surface area contributed by atoms with Gasteiger partial charge in [-0.2, -0.15) is 0 Å². The summed E-state index contributed by atoms with van der Waals surface area (Å²) >= 11 is 6.38. The maximum Gasteiger partial charge on any atom is 0.212 e. The number of halogens is 1. The third-order valence-electron chi connectivity index (χ3n) is 3.48. The van der Waals surface area contributed by atoms with E-state index in [0.717, 1.165) is 17.5 Å². The van der Waals surface area contributed by atoms with Crippen molar-refractivity contribution in [3.63, 3.8) is 0 Å². The maximum absolute atomic E-state index is 6.38. The first-order chi connectivity index (χ1) is 12.2. The molecule has 0 aliphatic heterocycles. The lowest BCUT2D eigenvalue weighted by molar-refractivity contribution is 0.277. The highest BCUT2D eigenvalue weighted by Gasteiger charge is 2.12. The predicted octanol–water partition coefficient (Wildman–Crippen LogP) is 4.22. The zero-order chi connectivity index (χ0) is 18.1. The van der Waals surface area contributed by atoms with Gasteiger partial charge in [0, 0.05) is 25.4 Å². The van der Waals surface area contributed by atoms with Gasteiger partial charge in [-0.1, -0.05) is 24.6 Å². The minimum Gasteiger partial charge on any atom is -0.490 e. The summed E-state index contributed by atoms with van der Waals surface area (Å²) in [6.45, 7) is 6.54. The molecule has 0 aliphatic carbocycles. The Bertz CT molecular complexity index is 662. The van der Waals surface area contributed by atoms with Crippen molar-refractivity contribution in [1.82, 2.24) is 10.3 Å². The summed E-state index contributed by atoms with van der Waals surface area (Å²) in [6, 6.07) is 7.72. The van der Waals surface area contributed by atoms with Crippen LogP contribution in [0.4, 0.5) is 0 Å². The number of nitrogens with zero attached hydrogens (tertiary/aromatic N) is 1. The quantitative estimate of drug-likeness (QED) is 0.684. The Hall–Kier alpha value is -1.98. The van der Waals surface area contributed by atoms with E-state index in [1.54, 1.807) is 13.3 Å². The molecule has 0 amide bonds. The van der Waals surface area contributed by atoms with Crippen LogP contribution in [0.5, 0.6) is 17.4 Å². The van der Waals surface area contributed by atoms with Crippen LogP contribution in [0, 0.1) is 0 Å². The second-order valence-corrected chi connectivity index (χ2v) is 5.91. The van der Waals surface area contributed by atoms with Gasteiger partial charge in [0.2, 0.25) is 5.88 Å². The molecule has 0 saturated heterocycles. The van der Waals surface area contributed by atoms with E-state index < -0.39 is 0 Å². The molecule has 0 atom stereocenters. The Balaban J connectivity index is 2.00. The van der Waals surface area contributed by atoms with E-state index in [1.165, 1.54) is 0 Å². The second-order valence-electron chi connectivity index (χ2n) is 5.50. The molecule has 5 nitrogen and oxygen atoms in total. The van der Waals surface area contributed by atoms with Gasteiger partial charge in [0.15, 0.2) is 11.5 Å². The van der Waals surface area contributed by atoms with Crippen LogP contribution < -0.4 is 19.5 Å². The number of hydrogen-bond acceptors (Lipinski definition) is 5. The standard InChI is InChI=1S/C19H25ClN2O3/c1-4-8-25-19-16(20)9-15(10-17(19)24-5-2)12-21-11-14-6-7-18(23-3)22-13-14/h6-7,9-10,13,21H,4-5,8,11-12H2,1-3H3. The van der Waals surface area contributed by atoms with Crippen molar-refractivity contribution in [3.8, 4) is 17.4 Å². The first kappa shape index (κ1) is 19.3. The molecule has 136 valence electrons. The van der Waals surface area contributed by atoms with Crippen molar-refractivity contribution in [1.29, 1.82) is 0 Å². The van der Waals surface area contributed by atoms with E-state index in [2.05, 4.69) is 17.2 Å². The molecule has 25 heavy (non-hydrogen) atoms. The largest absolute Gasteiger partial charge is 0.490 e. The van der Waals surface area contributed by atoms with E-state index in [0.29, 0.717) is 48.7 Å². The number of rotatable bonds is 10.